The number of nitrogens with zero attached hydrogens (tertiary/aromatic N) is 2. The number of rotatable bonds is 10. The van der Waals surface area contributed by atoms with Gasteiger partial charge in [-0.3, -0.25) is 9.48 Å². The molecule has 33 heavy (non-hydrogen) atoms. The Hall–Kier alpha value is -2.25. The fraction of sp³-hybridized carbons (Fsp3) is 0.600. The van der Waals surface area contributed by atoms with Crippen molar-refractivity contribution < 1.29 is 14.3 Å². The molecule has 0 spiro atoms. The summed E-state index contributed by atoms with van der Waals surface area (Å²) in [5.74, 6) is 1.71. The van der Waals surface area contributed by atoms with Gasteiger partial charge in [-0.25, -0.2) is 0 Å². The predicted octanol–water partition coefficient (Wildman–Crippen LogP) is 5.23. The number of methoxy groups -OCH3 is 2. The van der Waals surface area contributed by atoms with E-state index >= 15 is 0 Å². The highest BCUT2D eigenvalue weighted by atomic mass is 35.5. The number of benzene rings is 1. The van der Waals surface area contributed by atoms with E-state index in [-0.39, 0.29) is 11.6 Å². The maximum absolute atomic E-state index is 13.0. The molecular formula is C25H37ClN4O3. The smallest absolute Gasteiger partial charge is 0.273 e. The second-order valence-corrected chi connectivity index (χ2v) is 9.66. The van der Waals surface area contributed by atoms with Gasteiger partial charge < -0.3 is 20.1 Å². The molecule has 1 fully saturated rings. The van der Waals surface area contributed by atoms with Crippen molar-refractivity contribution >= 4 is 23.2 Å². The van der Waals surface area contributed by atoms with Crippen LogP contribution in [0.15, 0.2) is 18.2 Å². The molecule has 182 valence electrons. The summed E-state index contributed by atoms with van der Waals surface area (Å²) in [4.78, 5) is 13.0. The van der Waals surface area contributed by atoms with Crippen molar-refractivity contribution in [2.75, 3.05) is 32.7 Å². The minimum atomic E-state index is -0.242. The van der Waals surface area contributed by atoms with E-state index in [1.165, 1.54) is 12.8 Å². The molecule has 0 aliphatic heterocycles. The molecule has 8 heteroatoms. The first kappa shape index (κ1) is 25.4. The zero-order valence-electron chi connectivity index (χ0n) is 20.4. The molecule has 1 aliphatic rings. The Morgan fingerprint density at radius 2 is 1.97 bits per heavy atom. The zero-order valence-corrected chi connectivity index (χ0v) is 21.2. The van der Waals surface area contributed by atoms with Crippen molar-refractivity contribution in [2.24, 2.45) is 11.8 Å². The number of hydrogen-bond donors (Lipinski definition) is 2. The molecule has 0 bridgehead atoms. The van der Waals surface area contributed by atoms with Crippen molar-refractivity contribution in [1.82, 2.24) is 15.1 Å². The molecule has 0 unspecified atom stereocenters. The number of anilines is 1. The molecule has 2 N–H and O–H groups in total. The van der Waals surface area contributed by atoms with Gasteiger partial charge in [0.15, 0.2) is 5.69 Å². The zero-order chi connectivity index (χ0) is 24.0. The molecule has 7 nitrogen and oxygen atoms in total. The summed E-state index contributed by atoms with van der Waals surface area (Å²) >= 11 is 6.78. The first-order valence-corrected chi connectivity index (χ1v) is 12.2. The van der Waals surface area contributed by atoms with Crippen LogP contribution in [0.2, 0.25) is 5.02 Å². The molecule has 1 amide bonds. The van der Waals surface area contributed by atoms with Crippen molar-refractivity contribution in [2.45, 2.75) is 59.0 Å². The molecule has 1 aromatic heterocycles. The Morgan fingerprint density at radius 1 is 1.24 bits per heavy atom. The lowest BCUT2D eigenvalue weighted by molar-refractivity contribution is 0.0935. The van der Waals surface area contributed by atoms with E-state index in [9.17, 15) is 4.79 Å². The lowest BCUT2D eigenvalue weighted by atomic mass is 9.83. The Labute approximate surface area is 202 Å². The maximum atomic E-state index is 13.0. The van der Waals surface area contributed by atoms with Gasteiger partial charge in [0.25, 0.3) is 5.91 Å². The summed E-state index contributed by atoms with van der Waals surface area (Å²) in [6.07, 6.45) is 4.74. The van der Waals surface area contributed by atoms with Crippen LogP contribution < -0.4 is 15.4 Å². The van der Waals surface area contributed by atoms with E-state index in [1.54, 1.807) is 18.9 Å². The van der Waals surface area contributed by atoms with Crippen LogP contribution in [-0.2, 0) is 11.3 Å². The normalized spacial score (nSPS) is 18.4. The van der Waals surface area contributed by atoms with Crippen LogP contribution in [0.3, 0.4) is 0 Å². The SMILES string of the molecule is COCCn1nc(C(=O)NCC2CCC(C)CC2)c(Cl)c1-c1ccc(NC(C)C)cc1OC. The second kappa shape index (κ2) is 11.7. The van der Waals surface area contributed by atoms with E-state index in [0.717, 1.165) is 30.0 Å². The lowest BCUT2D eigenvalue weighted by Crippen LogP contribution is -2.31. The number of carbonyl (C=O) groups excluding carboxylic acids is 1. The summed E-state index contributed by atoms with van der Waals surface area (Å²) < 4.78 is 12.7. The van der Waals surface area contributed by atoms with E-state index in [4.69, 9.17) is 21.1 Å². The van der Waals surface area contributed by atoms with Gasteiger partial charge in [-0.05, 0) is 50.7 Å². The summed E-state index contributed by atoms with van der Waals surface area (Å²) in [5.41, 5.74) is 2.61. The quantitative estimate of drug-likeness (QED) is 0.490. The highest BCUT2D eigenvalue weighted by Gasteiger charge is 2.26. The molecule has 0 radical (unpaired) electrons. The summed E-state index contributed by atoms with van der Waals surface area (Å²) in [5, 5.41) is 11.3. The third-order valence-corrected chi connectivity index (χ3v) is 6.57. The van der Waals surface area contributed by atoms with E-state index in [1.807, 2.05) is 18.2 Å². The summed E-state index contributed by atoms with van der Waals surface area (Å²) in [7, 11) is 3.26. The number of aromatic nitrogens is 2. The Balaban J connectivity index is 1.88. The second-order valence-electron chi connectivity index (χ2n) is 9.28. The van der Waals surface area contributed by atoms with Crippen molar-refractivity contribution in [1.29, 1.82) is 0 Å². The molecule has 3 rings (SSSR count). The van der Waals surface area contributed by atoms with Gasteiger partial charge >= 0.3 is 0 Å². The molecule has 0 saturated heterocycles. The standard InChI is InChI=1S/C25H37ClN4O3/c1-16(2)28-19-10-11-20(21(14-19)33-5)24-22(26)23(29-30(24)12-13-32-4)25(31)27-15-18-8-6-17(3)7-9-18/h10-11,14,16-18,28H,6-9,12-13,15H2,1-5H3,(H,27,31). The molecule has 1 aromatic carbocycles. The summed E-state index contributed by atoms with van der Waals surface area (Å²) in [6, 6.07) is 6.15. The molecule has 1 aliphatic carbocycles. The Morgan fingerprint density at radius 3 is 2.61 bits per heavy atom. The number of carbonyl (C=O) groups is 1. The minimum Gasteiger partial charge on any atom is -0.496 e. The fourth-order valence-corrected chi connectivity index (χ4v) is 4.67. The Kier molecular flexibility index (Phi) is 9.03. The van der Waals surface area contributed by atoms with Crippen LogP contribution in [0.4, 0.5) is 5.69 Å². The number of ether oxygens (including phenoxy) is 2. The number of amides is 1. The predicted molar refractivity (Wildman–Crippen MR) is 133 cm³/mol. The number of hydrogen-bond acceptors (Lipinski definition) is 5. The van der Waals surface area contributed by atoms with Crippen molar-refractivity contribution in [3.8, 4) is 17.0 Å². The monoisotopic (exact) mass is 476 g/mol. The van der Waals surface area contributed by atoms with Gasteiger partial charge in [0.1, 0.15) is 5.75 Å². The average Bonchev–Trinajstić information content (AvgIpc) is 3.12. The Bertz CT molecular complexity index is 936. The number of halogens is 1. The topological polar surface area (TPSA) is 77.4 Å². The summed E-state index contributed by atoms with van der Waals surface area (Å²) in [6.45, 7) is 8.02. The van der Waals surface area contributed by atoms with Crippen LogP contribution in [0.25, 0.3) is 11.3 Å². The molecule has 1 heterocycles. The van der Waals surface area contributed by atoms with E-state index in [2.05, 4.69) is 36.5 Å². The highest BCUT2D eigenvalue weighted by Crippen LogP contribution is 2.38. The largest absolute Gasteiger partial charge is 0.496 e. The number of nitrogens with one attached hydrogen (secondary N) is 2. The molecular weight excluding hydrogens is 440 g/mol. The molecule has 0 atom stereocenters. The van der Waals surface area contributed by atoms with Crippen LogP contribution in [0.5, 0.6) is 5.75 Å². The molecule has 2 aromatic rings. The van der Waals surface area contributed by atoms with Gasteiger partial charge in [-0.1, -0.05) is 31.4 Å². The third kappa shape index (κ3) is 6.42. The van der Waals surface area contributed by atoms with Crippen LogP contribution in [-0.4, -0.2) is 49.1 Å². The minimum absolute atomic E-state index is 0.235. The van der Waals surface area contributed by atoms with Crippen LogP contribution in [0.1, 0.15) is 56.9 Å². The van der Waals surface area contributed by atoms with Crippen LogP contribution in [0, 0.1) is 11.8 Å². The first-order chi connectivity index (χ1) is 15.8. The van der Waals surface area contributed by atoms with Gasteiger partial charge in [0, 0.05) is 37.0 Å². The van der Waals surface area contributed by atoms with Gasteiger partial charge in [0.05, 0.1) is 31.0 Å². The van der Waals surface area contributed by atoms with Crippen molar-refractivity contribution in [3.05, 3.63) is 28.9 Å². The van der Waals surface area contributed by atoms with Crippen molar-refractivity contribution in [3.63, 3.8) is 0 Å². The molecule has 1 saturated carbocycles. The fourth-order valence-electron chi connectivity index (χ4n) is 4.35. The maximum Gasteiger partial charge on any atom is 0.273 e. The average molecular weight is 477 g/mol. The third-order valence-electron chi connectivity index (χ3n) is 6.22. The van der Waals surface area contributed by atoms with Crippen LogP contribution >= 0.6 is 11.6 Å². The van der Waals surface area contributed by atoms with E-state index in [0.29, 0.717) is 48.1 Å². The lowest BCUT2D eigenvalue weighted by Gasteiger charge is -2.26. The van der Waals surface area contributed by atoms with Gasteiger partial charge in [-0.2, -0.15) is 5.10 Å². The highest BCUT2D eigenvalue weighted by molar-refractivity contribution is 6.36. The van der Waals surface area contributed by atoms with Gasteiger partial charge in [0.2, 0.25) is 0 Å². The van der Waals surface area contributed by atoms with Gasteiger partial charge in [-0.15, -0.1) is 0 Å². The first-order valence-electron chi connectivity index (χ1n) is 11.8. The van der Waals surface area contributed by atoms with E-state index < -0.39 is 0 Å².